The van der Waals surface area contributed by atoms with Crippen LogP contribution in [0.1, 0.15) is 31.2 Å². The normalized spacial score (nSPS) is 18.8. The number of carbonyl (C=O) groups is 2. The van der Waals surface area contributed by atoms with E-state index in [1.165, 1.54) is 29.8 Å². The maximum absolute atomic E-state index is 13.4. The van der Waals surface area contributed by atoms with Gasteiger partial charge in [0.15, 0.2) is 0 Å². The van der Waals surface area contributed by atoms with E-state index in [9.17, 15) is 22.8 Å². The summed E-state index contributed by atoms with van der Waals surface area (Å²) in [6.45, 7) is 3.63. The van der Waals surface area contributed by atoms with Crippen molar-refractivity contribution in [2.24, 2.45) is 11.8 Å². The van der Waals surface area contributed by atoms with Crippen molar-refractivity contribution < 1.29 is 27.5 Å². The minimum absolute atomic E-state index is 0. The topological polar surface area (TPSA) is 53.1 Å². The van der Waals surface area contributed by atoms with Crippen LogP contribution in [0.5, 0.6) is 5.75 Å². The molecule has 2 fully saturated rings. The van der Waals surface area contributed by atoms with Gasteiger partial charge in [0.25, 0.3) is 0 Å². The van der Waals surface area contributed by atoms with Crippen molar-refractivity contribution in [2.45, 2.75) is 38.5 Å². The third-order valence-electron chi connectivity index (χ3n) is 7.27. The smallest absolute Gasteiger partial charge is 0.406 e. The summed E-state index contributed by atoms with van der Waals surface area (Å²) in [7, 11) is 1.67. The minimum atomic E-state index is -4.78. The number of alkyl halides is 3. The molecule has 2 amide bonds. The fourth-order valence-electron chi connectivity index (χ4n) is 5.26. The molecular formula is C28H35ClF3N3O3. The first-order valence-electron chi connectivity index (χ1n) is 12.9. The van der Waals surface area contributed by atoms with E-state index < -0.39 is 12.3 Å². The Morgan fingerprint density at radius 1 is 1.05 bits per heavy atom. The molecule has 0 aliphatic carbocycles. The molecule has 0 radical (unpaired) electrons. The largest absolute Gasteiger partial charge is 0.573 e. The van der Waals surface area contributed by atoms with E-state index in [0.717, 1.165) is 45.3 Å². The Kier molecular flexibility index (Phi) is 10.4. The number of carbonyl (C=O) groups excluding carboxylic acids is 2. The molecule has 1 atom stereocenters. The van der Waals surface area contributed by atoms with Crippen molar-refractivity contribution in [1.82, 2.24) is 9.80 Å². The van der Waals surface area contributed by atoms with Gasteiger partial charge in [-0.1, -0.05) is 30.3 Å². The van der Waals surface area contributed by atoms with E-state index in [1.807, 2.05) is 6.07 Å². The van der Waals surface area contributed by atoms with Crippen LogP contribution in [0.3, 0.4) is 0 Å². The number of rotatable bonds is 9. The number of likely N-dealkylation sites (tertiary alicyclic amines) is 2. The van der Waals surface area contributed by atoms with Crippen LogP contribution in [0.15, 0.2) is 54.6 Å². The summed E-state index contributed by atoms with van der Waals surface area (Å²) in [5, 5.41) is 0. The van der Waals surface area contributed by atoms with Gasteiger partial charge in [0.05, 0.1) is 5.92 Å². The van der Waals surface area contributed by atoms with Crippen molar-refractivity contribution >= 4 is 29.9 Å². The van der Waals surface area contributed by atoms with E-state index >= 15 is 0 Å². The molecule has 2 aromatic carbocycles. The lowest BCUT2D eigenvalue weighted by molar-refractivity contribution is -0.274. The molecule has 4 rings (SSSR count). The summed E-state index contributed by atoms with van der Waals surface area (Å²) in [5.74, 6) is -0.379. The molecular weight excluding hydrogens is 519 g/mol. The molecule has 0 N–H and O–H groups in total. The number of anilines is 1. The van der Waals surface area contributed by atoms with Crippen LogP contribution >= 0.6 is 12.4 Å². The van der Waals surface area contributed by atoms with Crippen LogP contribution in [0.25, 0.3) is 0 Å². The van der Waals surface area contributed by atoms with Gasteiger partial charge in [-0.05, 0) is 81.1 Å². The predicted octanol–water partition coefficient (Wildman–Crippen LogP) is 5.16. The van der Waals surface area contributed by atoms with E-state index in [-0.39, 0.29) is 36.4 Å². The Morgan fingerprint density at radius 3 is 2.29 bits per heavy atom. The average Bonchev–Trinajstić information content (AvgIpc) is 3.21. The molecule has 10 heteroatoms. The molecule has 0 spiro atoms. The van der Waals surface area contributed by atoms with Crippen LogP contribution in [0, 0.1) is 11.8 Å². The number of piperidine rings is 1. The second-order valence-corrected chi connectivity index (χ2v) is 10.0. The van der Waals surface area contributed by atoms with Crippen LogP contribution in [0.4, 0.5) is 18.9 Å². The number of nitrogens with zero attached hydrogens (tertiary/aromatic N) is 3. The SMILES string of the molecule is CN1CC(C(=O)N(CCCN2CCC(Cc3ccccc3)CC2)c2ccc(OC(F)(F)F)cc2)CC1=O.Cl. The number of hydrogen-bond donors (Lipinski definition) is 0. The lowest BCUT2D eigenvalue weighted by Crippen LogP contribution is -2.40. The Hall–Kier alpha value is -2.78. The Bertz CT molecular complexity index is 1040. The van der Waals surface area contributed by atoms with Crippen LogP contribution in [-0.2, 0) is 16.0 Å². The summed E-state index contributed by atoms with van der Waals surface area (Å²) < 4.78 is 41.6. The minimum Gasteiger partial charge on any atom is -0.406 e. The van der Waals surface area contributed by atoms with Gasteiger partial charge in [0, 0.05) is 32.2 Å². The number of halogens is 4. The van der Waals surface area contributed by atoms with Crippen LogP contribution < -0.4 is 9.64 Å². The standard InChI is InChI=1S/C28H34F3N3O3.ClH/c1-32-20-23(19-26(32)35)27(36)34(24-8-10-25(11-9-24)37-28(29,30)31)15-5-14-33-16-12-22(13-17-33)18-21-6-3-2-4-7-21;/h2-4,6-11,22-23H,5,12-20H2,1H3;1H. The Morgan fingerprint density at radius 2 is 1.71 bits per heavy atom. The monoisotopic (exact) mass is 553 g/mol. The van der Waals surface area contributed by atoms with Gasteiger partial charge in [0.2, 0.25) is 11.8 Å². The molecule has 2 aliphatic rings. The first kappa shape index (κ1) is 29.8. The van der Waals surface area contributed by atoms with Crippen molar-refractivity contribution in [3.63, 3.8) is 0 Å². The molecule has 6 nitrogen and oxygen atoms in total. The summed E-state index contributed by atoms with van der Waals surface area (Å²) >= 11 is 0. The fourth-order valence-corrected chi connectivity index (χ4v) is 5.26. The quantitative estimate of drug-likeness (QED) is 0.430. The molecule has 0 bridgehead atoms. The first-order chi connectivity index (χ1) is 17.7. The average molecular weight is 554 g/mol. The highest BCUT2D eigenvalue weighted by Crippen LogP contribution is 2.28. The number of hydrogen-bond acceptors (Lipinski definition) is 4. The summed E-state index contributed by atoms with van der Waals surface area (Å²) in [6, 6.07) is 15.9. The molecule has 38 heavy (non-hydrogen) atoms. The maximum Gasteiger partial charge on any atom is 0.573 e. The molecule has 2 saturated heterocycles. The van der Waals surface area contributed by atoms with E-state index in [1.54, 1.807) is 16.8 Å². The fraction of sp³-hybridized carbons (Fsp3) is 0.500. The predicted molar refractivity (Wildman–Crippen MR) is 142 cm³/mol. The third kappa shape index (κ3) is 8.36. The zero-order chi connectivity index (χ0) is 26.4. The van der Waals surface area contributed by atoms with Crippen LogP contribution in [0.2, 0.25) is 0 Å². The van der Waals surface area contributed by atoms with E-state index in [4.69, 9.17) is 0 Å². The van der Waals surface area contributed by atoms with Gasteiger partial charge < -0.3 is 19.4 Å². The van der Waals surface area contributed by atoms with Gasteiger partial charge in [0.1, 0.15) is 5.75 Å². The summed E-state index contributed by atoms with van der Waals surface area (Å²) in [6.07, 6.45) is -0.536. The van der Waals surface area contributed by atoms with Crippen LogP contribution in [-0.4, -0.2) is 67.7 Å². The molecule has 2 aromatic rings. The number of benzene rings is 2. The third-order valence-corrected chi connectivity index (χ3v) is 7.27. The zero-order valence-corrected chi connectivity index (χ0v) is 22.3. The molecule has 0 saturated carbocycles. The van der Waals surface area contributed by atoms with Crippen molar-refractivity contribution in [2.75, 3.05) is 44.7 Å². The van der Waals surface area contributed by atoms with Gasteiger partial charge in [-0.25, -0.2) is 0 Å². The van der Waals surface area contributed by atoms with Gasteiger partial charge in [-0.2, -0.15) is 0 Å². The molecule has 0 aromatic heterocycles. The zero-order valence-electron chi connectivity index (χ0n) is 21.5. The molecule has 2 aliphatic heterocycles. The van der Waals surface area contributed by atoms with Crippen molar-refractivity contribution in [1.29, 1.82) is 0 Å². The highest BCUT2D eigenvalue weighted by atomic mass is 35.5. The van der Waals surface area contributed by atoms with E-state index in [2.05, 4.69) is 33.9 Å². The van der Waals surface area contributed by atoms with E-state index in [0.29, 0.717) is 24.7 Å². The summed E-state index contributed by atoms with van der Waals surface area (Å²) in [5.41, 5.74) is 1.88. The van der Waals surface area contributed by atoms with Crippen molar-refractivity contribution in [3.8, 4) is 5.75 Å². The first-order valence-corrected chi connectivity index (χ1v) is 12.9. The van der Waals surface area contributed by atoms with Crippen molar-refractivity contribution in [3.05, 3.63) is 60.2 Å². The van der Waals surface area contributed by atoms with Gasteiger partial charge >= 0.3 is 6.36 Å². The molecule has 1 unspecified atom stereocenters. The number of amides is 2. The van der Waals surface area contributed by atoms with Gasteiger partial charge in [-0.15, -0.1) is 25.6 Å². The molecule has 208 valence electrons. The highest BCUT2D eigenvalue weighted by molar-refractivity contribution is 5.99. The number of ether oxygens (including phenoxy) is 1. The Labute approximate surface area is 228 Å². The second kappa shape index (κ2) is 13.3. The Balaban J connectivity index is 0.00000400. The van der Waals surface area contributed by atoms with Gasteiger partial charge in [-0.3, -0.25) is 9.59 Å². The molecule has 2 heterocycles. The summed E-state index contributed by atoms with van der Waals surface area (Å²) in [4.78, 5) is 30.9. The highest BCUT2D eigenvalue weighted by Gasteiger charge is 2.35. The lowest BCUT2D eigenvalue weighted by atomic mass is 9.90. The lowest BCUT2D eigenvalue weighted by Gasteiger charge is -2.33. The maximum atomic E-state index is 13.4. The second-order valence-electron chi connectivity index (χ2n) is 10.0.